The molecule has 2 rings (SSSR count). The number of carbonyl (C=O) groups excluding carboxylic acids is 1. The number of benzene rings is 1. The van der Waals surface area contributed by atoms with Crippen molar-refractivity contribution in [1.82, 2.24) is 0 Å². The van der Waals surface area contributed by atoms with Crippen molar-refractivity contribution in [1.29, 1.82) is 0 Å². The second-order valence-electron chi connectivity index (χ2n) is 5.33. The Hall–Kier alpha value is -1.56. The first-order valence-corrected chi connectivity index (χ1v) is 8.21. The molecule has 1 aromatic rings. The second-order valence-corrected chi connectivity index (χ2v) is 6.98. The van der Waals surface area contributed by atoms with Crippen LogP contribution in [0.3, 0.4) is 0 Å². The van der Waals surface area contributed by atoms with Crippen molar-refractivity contribution in [2.24, 2.45) is 0 Å². The van der Waals surface area contributed by atoms with Crippen molar-refractivity contribution in [3.63, 3.8) is 0 Å². The molecular weight excluding hydrogens is 288 g/mol. The maximum absolute atomic E-state index is 12.1. The molecule has 6 heteroatoms. The fourth-order valence-corrected chi connectivity index (χ4v) is 3.83. The van der Waals surface area contributed by atoms with Crippen LogP contribution in [0, 0.1) is 10.1 Å². The highest BCUT2D eigenvalue weighted by Gasteiger charge is 2.21. The molecule has 1 amide bonds. The van der Waals surface area contributed by atoms with Crippen LogP contribution in [0.1, 0.15) is 39.0 Å². The number of nitro benzene ring substituents is 1. The largest absolute Gasteiger partial charge is 0.325 e. The van der Waals surface area contributed by atoms with Gasteiger partial charge in [-0.2, -0.15) is 0 Å². The van der Waals surface area contributed by atoms with E-state index in [-0.39, 0.29) is 16.8 Å². The monoisotopic (exact) mass is 308 g/mol. The molecule has 0 saturated heterocycles. The maximum Gasteiger partial charge on any atom is 0.269 e. The van der Waals surface area contributed by atoms with Gasteiger partial charge in [0.05, 0.1) is 10.2 Å². The fraction of sp³-hybridized carbons (Fsp3) is 0.533. The second kappa shape index (κ2) is 7.45. The summed E-state index contributed by atoms with van der Waals surface area (Å²) >= 11 is 1.74. The number of hydrogen-bond donors (Lipinski definition) is 1. The zero-order valence-corrected chi connectivity index (χ0v) is 12.9. The van der Waals surface area contributed by atoms with E-state index < -0.39 is 4.92 Å². The van der Waals surface area contributed by atoms with E-state index >= 15 is 0 Å². The Kier molecular flexibility index (Phi) is 5.61. The average molecular weight is 308 g/mol. The number of nitro groups is 1. The summed E-state index contributed by atoms with van der Waals surface area (Å²) in [7, 11) is 0. The van der Waals surface area contributed by atoms with Crippen molar-refractivity contribution in [2.45, 2.75) is 49.5 Å². The van der Waals surface area contributed by atoms with E-state index in [9.17, 15) is 14.9 Å². The molecule has 1 N–H and O–H groups in total. The van der Waals surface area contributed by atoms with Gasteiger partial charge in [0, 0.05) is 23.1 Å². The van der Waals surface area contributed by atoms with Crippen LogP contribution < -0.4 is 5.32 Å². The van der Waals surface area contributed by atoms with E-state index in [1.807, 2.05) is 6.92 Å². The summed E-state index contributed by atoms with van der Waals surface area (Å²) in [5, 5.41) is 13.9. The zero-order chi connectivity index (χ0) is 15.2. The van der Waals surface area contributed by atoms with E-state index in [1.165, 1.54) is 44.2 Å². The van der Waals surface area contributed by atoms with Crippen molar-refractivity contribution in [3.8, 4) is 0 Å². The van der Waals surface area contributed by atoms with Crippen LogP contribution in [-0.4, -0.2) is 21.3 Å². The Bertz CT molecular complexity index is 498. The minimum absolute atomic E-state index is 0.0256. The van der Waals surface area contributed by atoms with Gasteiger partial charge in [-0.3, -0.25) is 14.9 Å². The molecule has 1 unspecified atom stereocenters. The van der Waals surface area contributed by atoms with Gasteiger partial charge in [0.1, 0.15) is 0 Å². The summed E-state index contributed by atoms with van der Waals surface area (Å²) in [5.74, 6) is -0.0422. The Morgan fingerprint density at radius 1 is 1.29 bits per heavy atom. The first kappa shape index (κ1) is 15.8. The van der Waals surface area contributed by atoms with Crippen molar-refractivity contribution in [2.75, 3.05) is 5.32 Å². The zero-order valence-electron chi connectivity index (χ0n) is 12.1. The lowest BCUT2D eigenvalue weighted by atomic mass is 10.0. The number of anilines is 1. The van der Waals surface area contributed by atoms with Crippen molar-refractivity contribution >= 4 is 29.0 Å². The molecular formula is C15H20N2O3S. The van der Waals surface area contributed by atoms with E-state index in [1.54, 1.807) is 23.9 Å². The van der Waals surface area contributed by atoms with Gasteiger partial charge in [0.15, 0.2) is 0 Å². The third-order valence-electron chi connectivity index (χ3n) is 3.66. The molecule has 0 heterocycles. The molecule has 0 aliphatic heterocycles. The number of nitrogens with zero attached hydrogens (tertiary/aromatic N) is 1. The van der Waals surface area contributed by atoms with E-state index in [0.717, 1.165) is 0 Å². The molecule has 1 saturated carbocycles. The highest BCUT2D eigenvalue weighted by molar-refractivity contribution is 8.01. The van der Waals surface area contributed by atoms with Gasteiger partial charge >= 0.3 is 0 Å². The minimum atomic E-state index is -0.451. The number of nitrogens with one attached hydrogen (secondary N) is 1. The predicted molar refractivity (Wildman–Crippen MR) is 85.7 cm³/mol. The number of amides is 1. The fourth-order valence-electron chi connectivity index (χ4n) is 2.46. The van der Waals surface area contributed by atoms with Crippen LogP contribution in [0.5, 0.6) is 0 Å². The van der Waals surface area contributed by atoms with Crippen LogP contribution >= 0.6 is 11.8 Å². The molecule has 1 aromatic carbocycles. The molecule has 0 radical (unpaired) electrons. The lowest BCUT2D eigenvalue weighted by molar-refractivity contribution is -0.384. The Morgan fingerprint density at radius 3 is 2.48 bits per heavy atom. The lowest BCUT2D eigenvalue weighted by Gasteiger charge is -2.23. The Labute approximate surface area is 128 Å². The standard InChI is InChI=1S/C15H20N2O3S/c1-11(21-14-5-3-2-4-6-14)15(18)16-12-7-9-13(10-8-12)17(19)20/h7-11,14H,2-6H2,1H3,(H,16,18). The number of rotatable bonds is 5. The molecule has 0 aromatic heterocycles. The third kappa shape index (κ3) is 4.74. The van der Waals surface area contributed by atoms with Gasteiger partial charge < -0.3 is 5.32 Å². The summed E-state index contributed by atoms with van der Waals surface area (Å²) in [6.07, 6.45) is 6.21. The number of hydrogen-bond acceptors (Lipinski definition) is 4. The quantitative estimate of drug-likeness (QED) is 0.659. The summed E-state index contributed by atoms with van der Waals surface area (Å²) in [5.41, 5.74) is 0.624. The van der Waals surface area contributed by atoms with Crippen molar-refractivity contribution in [3.05, 3.63) is 34.4 Å². The van der Waals surface area contributed by atoms with Crippen LogP contribution in [0.15, 0.2) is 24.3 Å². The average Bonchev–Trinajstić information content (AvgIpc) is 2.48. The van der Waals surface area contributed by atoms with Gasteiger partial charge in [-0.1, -0.05) is 19.3 Å². The van der Waals surface area contributed by atoms with Gasteiger partial charge in [-0.25, -0.2) is 0 Å². The molecule has 1 aliphatic rings. The van der Waals surface area contributed by atoms with Crippen LogP contribution in [0.25, 0.3) is 0 Å². The normalized spacial score (nSPS) is 17.2. The van der Waals surface area contributed by atoms with Gasteiger partial charge in [-0.15, -0.1) is 11.8 Å². The Morgan fingerprint density at radius 2 is 1.90 bits per heavy atom. The number of thioether (sulfide) groups is 1. The third-order valence-corrected chi connectivity index (χ3v) is 5.14. The first-order chi connectivity index (χ1) is 10.1. The topological polar surface area (TPSA) is 72.2 Å². The number of carbonyl (C=O) groups is 1. The smallest absolute Gasteiger partial charge is 0.269 e. The Balaban J connectivity index is 1.86. The van der Waals surface area contributed by atoms with E-state index in [2.05, 4.69) is 5.32 Å². The SMILES string of the molecule is CC(SC1CCCCC1)C(=O)Nc1ccc([N+](=O)[O-])cc1. The van der Waals surface area contributed by atoms with Crippen LogP contribution in [0.2, 0.25) is 0 Å². The number of non-ortho nitro benzene ring substituents is 1. The molecule has 0 bridgehead atoms. The molecule has 1 fully saturated rings. The summed E-state index contributed by atoms with van der Waals surface area (Å²) < 4.78 is 0. The highest BCUT2D eigenvalue weighted by Crippen LogP contribution is 2.31. The molecule has 5 nitrogen and oxygen atoms in total. The summed E-state index contributed by atoms with van der Waals surface area (Å²) in [4.78, 5) is 22.3. The maximum atomic E-state index is 12.1. The van der Waals surface area contributed by atoms with Gasteiger partial charge in [-0.05, 0) is 31.9 Å². The van der Waals surface area contributed by atoms with Gasteiger partial charge in [0.25, 0.3) is 5.69 Å². The molecule has 21 heavy (non-hydrogen) atoms. The van der Waals surface area contributed by atoms with Crippen LogP contribution in [-0.2, 0) is 4.79 Å². The summed E-state index contributed by atoms with van der Waals surface area (Å²) in [6, 6.07) is 5.92. The van der Waals surface area contributed by atoms with Crippen LogP contribution in [0.4, 0.5) is 11.4 Å². The molecule has 1 aliphatic carbocycles. The molecule has 1 atom stereocenters. The van der Waals surface area contributed by atoms with E-state index in [0.29, 0.717) is 10.9 Å². The predicted octanol–water partition coefficient (Wildman–Crippen LogP) is 3.99. The molecule has 114 valence electrons. The highest BCUT2D eigenvalue weighted by atomic mass is 32.2. The minimum Gasteiger partial charge on any atom is -0.325 e. The van der Waals surface area contributed by atoms with Crippen molar-refractivity contribution < 1.29 is 9.72 Å². The molecule has 0 spiro atoms. The lowest BCUT2D eigenvalue weighted by Crippen LogP contribution is -2.25. The summed E-state index contributed by atoms with van der Waals surface area (Å²) in [6.45, 7) is 1.92. The van der Waals surface area contributed by atoms with E-state index in [4.69, 9.17) is 0 Å². The van der Waals surface area contributed by atoms with Gasteiger partial charge in [0.2, 0.25) is 5.91 Å². The first-order valence-electron chi connectivity index (χ1n) is 7.27.